The van der Waals surface area contributed by atoms with Crippen molar-refractivity contribution in [2.24, 2.45) is 5.41 Å². The number of rotatable bonds is 8. The Bertz CT molecular complexity index is 898. The lowest BCUT2D eigenvalue weighted by Gasteiger charge is -2.21. The minimum atomic E-state index is -0.472. The quantitative estimate of drug-likeness (QED) is 0.271. The zero-order valence-corrected chi connectivity index (χ0v) is 21.2. The molecule has 0 amide bonds. The van der Waals surface area contributed by atoms with Gasteiger partial charge in [0, 0.05) is 25.8 Å². The van der Waals surface area contributed by atoms with E-state index >= 15 is 0 Å². The molecule has 1 saturated heterocycles. The van der Waals surface area contributed by atoms with Crippen LogP contribution in [0.25, 0.3) is 0 Å². The molecule has 161 valence electrons. The zero-order chi connectivity index (χ0) is 22.1. The summed E-state index contributed by atoms with van der Waals surface area (Å²) in [5.74, 6) is 0. The summed E-state index contributed by atoms with van der Waals surface area (Å²) in [6, 6.07) is 8.89. The molecule has 30 heavy (non-hydrogen) atoms. The molecule has 0 saturated carbocycles. The first-order valence-corrected chi connectivity index (χ1v) is 13.7. The molecular weight excluding hydrogens is 380 g/mol. The van der Waals surface area contributed by atoms with Crippen LogP contribution in [0.5, 0.6) is 0 Å². The average Bonchev–Trinajstić information content (AvgIpc) is 3.11. The predicted octanol–water partition coefficient (Wildman–Crippen LogP) is 6.45. The lowest BCUT2D eigenvalue weighted by molar-refractivity contribution is 0.373. The highest BCUT2D eigenvalue weighted by molar-refractivity contribution is 6.65. The summed E-state index contributed by atoms with van der Waals surface area (Å²) in [5.41, 5.74) is 6.15. The Kier molecular flexibility index (Phi) is 6.52. The highest BCUT2D eigenvalue weighted by Gasteiger charge is 2.60. The summed E-state index contributed by atoms with van der Waals surface area (Å²) >= 11 is 0. The SMILES string of the molecule is C/C=C(\C=C/N(C)CCN1C2=C([Si](C)C)C=CC21c1ccccc1C)CC(C)(C)C. The molecule has 2 aliphatic rings. The molecule has 1 atom stereocenters. The van der Waals surface area contributed by atoms with Gasteiger partial charge < -0.3 is 9.80 Å². The molecule has 3 heteroatoms. The molecule has 1 unspecified atom stereocenters. The van der Waals surface area contributed by atoms with Crippen molar-refractivity contribution in [2.45, 2.75) is 59.7 Å². The van der Waals surface area contributed by atoms with Crippen LogP contribution in [0.4, 0.5) is 0 Å². The number of hydrogen-bond donors (Lipinski definition) is 0. The summed E-state index contributed by atoms with van der Waals surface area (Å²) < 4.78 is 0. The lowest BCUT2D eigenvalue weighted by Crippen LogP contribution is -2.24. The van der Waals surface area contributed by atoms with Crippen molar-refractivity contribution < 1.29 is 0 Å². The van der Waals surface area contributed by atoms with Gasteiger partial charge in [-0.2, -0.15) is 0 Å². The molecule has 0 N–H and O–H groups in total. The van der Waals surface area contributed by atoms with Crippen molar-refractivity contribution in [3.05, 3.63) is 82.4 Å². The van der Waals surface area contributed by atoms with Gasteiger partial charge in [0.2, 0.25) is 0 Å². The maximum atomic E-state index is 2.64. The van der Waals surface area contributed by atoms with E-state index < -0.39 is 8.80 Å². The van der Waals surface area contributed by atoms with E-state index in [2.05, 4.69) is 119 Å². The summed E-state index contributed by atoms with van der Waals surface area (Å²) in [7, 11) is 1.72. The molecule has 0 aromatic heterocycles. The van der Waals surface area contributed by atoms with Crippen molar-refractivity contribution >= 4 is 8.80 Å². The zero-order valence-electron chi connectivity index (χ0n) is 20.2. The molecule has 2 nitrogen and oxygen atoms in total. The van der Waals surface area contributed by atoms with Crippen molar-refractivity contribution in [2.75, 3.05) is 20.1 Å². The van der Waals surface area contributed by atoms with E-state index in [0.717, 1.165) is 19.5 Å². The van der Waals surface area contributed by atoms with Gasteiger partial charge in [-0.15, -0.1) is 0 Å². The number of nitrogens with zero attached hydrogens (tertiary/aromatic N) is 2. The first-order valence-electron chi connectivity index (χ1n) is 11.2. The van der Waals surface area contributed by atoms with E-state index in [0.29, 0.717) is 5.41 Å². The molecule has 1 radical (unpaired) electrons. The van der Waals surface area contributed by atoms with Crippen LogP contribution >= 0.6 is 0 Å². The second-order valence-electron chi connectivity index (χ2n) is 10.2. The molecule has 0 spiro atoms. The predicted molar refractivity (Wildman–Crippen MR) is 133 cm³/mol. The minimum absolute atomic E-state index is 0.0217. The van der Waals surface area contributed by atoms with E-state index in [9.17, 15) is 0 Å². The fourth-order valence-corrected chi connectivity index (χ4v) is 5.81. The Morgan fingerprint density at radius 3 is 2.50 bits per heavy atom. The van der Waals surface area contributed by atoms with Crippen LogP contribution in [-0.2, 0) is 5.54 Å². The van der Waals surface area contributed by atoms with Gasteiger partial charge in [0.05, 0.1) is 8.80 Å². The third kappa shape index (κ3) is 4.51. The Morgan fingerprint density at radius 1 is 1.20 bits per heavy atom. The fraction of sp³-hybridized carbons (Fsp3) is 0.481. The molecule has 1 aromatic rings. The first-order chi connectivity index (χ1) is 14.1. The van der Waals surface area contributed by atoms with Crippen LogP contribution in [-0.4, -0.2) is 38.7 Å². The van der Waals surface area contributed by atoms with E-state index in [1.807, 2.05) is 0 Å². The number of benzene rings is 1. The minimum Gasteiger partial charge on any atom is -0.379 e. The third-order valence-electron chi connectivity index (χ3n) is 6.17. The highest BCUT2D eigenvalue weighted by atomic mass is 28.3. The van der Waals surface area contributed by atoms with Crippen LogP contribution in [0.3, 0.4) is 0 Å². The normalized spacial score (nSPS) is 21.2. The standard InChI is InChI=1S/C27H39N2Si/c1-9-22(20-26(3,4)5)15-17-28(6)18-19-29-25-24(30(7)8)14-16-27(25,29)23-13-11-10-12-21(23)2/h9-17H,18-20H2,1-8H3/b17-15-,22-9+. The Hall–Kier alpha value is -2.00. The summed E-state index contributed by atoms with van der Waals surface area (Å²) in [5, 5.41) is 1.60. The molecule has 3 rings (SSSR count). The van der Waals surface area contributed by atoms with Crippen LogP contribution in [0.1, 0.15) is 45.2 Å². The van der Waals surface area contributed by atoms with Gasteiger partial charge in [0.1, 0.15) is 5.54 Å². The van der Waals surface area contributed by atoms with Gasteiger partial charge in [-0.3, -0.25) is 0 Å². The largest absolute Gasteiger partial charge is 0.379 e. The topological polar surface area (TPSA) is 6.25 Å². The highest BCUT2D eigenvalue weighted by Crippen LogP contribution is 2.60. The van der Waals surface area contributed by atoms with Gasteiger partial charge >= 0.3 is 0 Å². The Balaban J connectivity index is 1.72. The fourth-order valence-electron chi connectivity index (χ4n) is 4.59. The van der Waals surface area contributed by atoms with Crippen molar-refractivity contribution in [1.29, 1.82) is 0 Å². The van der Waals surface area contributed by atoms with Gasteiger partial charge in [0.25, 0.3) is 0 Å². The van der Waals surface area contributed by atoms with Gasteiger partial charge in [-0.25, -0.2) is 0 Å². The number of fused-ring (bicyclic) bond motifs is 1. The lowest BCUT2D eigenvalue weighted by atomic mass is 9.88. The Labute approximate surface area is 186 Å². The summed E-state index contributed by atoms with van der Waals surface area (Å²) in [6.45, 7) is 18.2. The van der Waals surface area contributed by atoms with E-state index in [1.165, 1.54) is 16.7 Å². The molecule has 1 aliphatic heterocycles. The molecule has 1 heterocycles. The molecule has 1 fully saturated rings. The van der Waals surface area contributed by atoms with Crippen molar-refractivity contribution in [3.63, 3.8) is 0 Å². The number of hydrogen-bond acceptors (Lipinski definition) is 2. The molecule has 1 aromatic carbocycles. The van der Waals surface area contributed by atoms with E-state index in [-0.39, 0.29) is 5.54 Å². The smallest absolute Gasteiger partial charge is 0.124 e. The summed E-state index contributed by atoms with van der Waals surface area (Å²) in [6.07, 6.45) is 12.7. The molecule has 1 aliphatic carbocycles. The van der Waals surface area contributed by atoms with E-state index in [1.54, 1.807) is 10.9 Å². The number of aryl methyl sites for hydroxylation is 1. The number of allylic oxidation sites excluding steroid dienone is 5. The average molecular weight is 420 g/mol. The molecular formula is C27H39N2Si. The second-order valence-corrected chi connectivity index (χ2v) is 12.8. The van der Waals surface area contributed by atoms with Crippen molar-refractivity contribution in [1.82, 2.24) is 9.80 Å². The first kappa shape index (κ1) is 22.7. The monoisotopic (exact) mass is 419 g/mol. The number of likely N-dealkylation sites (N-methyl/N-ethyl adjacent to an activating group) is 1. The van der Waals surface area contributed by atoms with E-state index in [4.69, 9.17) is 0 Å². The van der Waals surface area contributed by atoms with Crippen molar-refractivity contribution in [3.8, 4) is 0 Å². The van der Waals surface area contributed by atoms with Crippen LogP contribution in [0.2, 0.25) is 13.1 Å². The van der Waals surface area contributed by atoms with Crippen LogP contribution in [0.15, 0.2) is 71.2 Å². The summed E-state index contributed by atoms with van der Waals surface area (Å²) in [4.78, 5) is 4.97. The van der Waals surface area contributed by atoms with Crippen LogP contribution < -0.4 is 0 Å². The van der Waals surface area contributed by atoms with Crippen LogP contribution in [0, 0.1) is 12.3 Å². The maximum Gasteiger partial charge on any atom is 0.124 e. The second kappa shape index (κ2) is 8.62. The Morgan fingerprint density at radius 2 is 1.90 bits per heavy atom. The van der Waals surface area contributed by atoms with Gasteiger partial charge in [-0.05, 0) is 60.4 Å². The van der Waals surface area contributed by atoms with Gasteiger partial charge in [-0.1, -0.05) is 75.9 Å². The maximum absolute atomic E-state index is 2.64. The third-order valence-corrected chi connectivity index (χ3v) is 7.65. The van der Waals surface area contributed by atoms with Gasteiger partial charge in [0.15, 0.2) is 0 Å². The molecule has 0 bridgehead atoms.